The molecule has 0 radical (unpaired) electrons. The summed E-state index contributed by atoms with van der Waals surface area (Å²) in [6, 6.07) is 8.51. The van der Waals surface area contributed by atoms with E-state index in [0.717, 1.165) is 0 Å². The zero-order valence-corrected chi connectivity index (χ0v) is 10.4. The second-order valence-electron chi connectivity index (χ2n) is 4.12. The minimum Gasteiger partial charge on any atom is -0.406 e. The van der Waals surface area contributed by atoms with Gasteiger partial charge >= 0.3 is 6.36 Å². The molecule has 20 heavy (non-hydrogen) atoms. The van der Waals surface area contributed by atoms with Crippen molar-refractivity contribution in [3.05, 3.63) is 47.7 Å². The van der Waals surface area contributed by atoms with Gasteiger partial charge in [0.2, 0.25) is 0 Å². The van der Waals surface area contributed by atoms with Crippen molar-refractivity contribution in [1.29, 1.82) is 0 Å². The van der Waals surface area contributed by atoms with Gasteiger partial charge in [0.25, 0.3) is 0 Å². The van der Waals surface area contributed by atoms with E-state index in [1.165, 1.54) is 24.3 Å². The van der Waals surface area contributed by atoms with Gasteiger partial charge in [-0.25, -0.2) is 0 Å². The van der Waals surface area contributed by atoms with E-state index >= 15 is 0 Å². The summed E-state index contributed by atoms with van der Waals surface area (Å²) in [7, 11) is 0. The maximum Gasteiger partial charge on any atom is 0.573 e. The minimum atomic E-state index is -4.71. The SMILES string of the molecule is Cc1cc(C=O)cc(-c2ccc(OC(F)(F)F)cc2)n1. The van der Waals surface area contributed by atoms with Gasteiger partial charge in [-0.3, -0.25) is 9.78 Å². The standard InChI is InChI=1S/C14H10F3NO2/c1-9-6-10(8-19)7-13(18-9)11-2-4-12(5-3-11)20-14(15,16)17/h2-8H,1H3. The number of aromatic nitrogens is 1. The van der Waals surface area contributed by atoms with Crippen molar-refractivity contribution in [1.82, 2.24) is 4.98 Å². The Balaban J connectivity index is 2.30. The number of pyridine rings is 1. The number of hydrogen-bond acceptors (Lipinski definition) is 3. The first-order valence-electron chi connectivity index (χ1n) is 5.67. The Kier molecular flexibility index (Phi) is 3.74. The van der Waals surface area contributed by atoms with Crippen LogP contribution in [-0.4, -0.2) is 17.6 Å². The lowest BCUT2D eigenvalue weighted by molar-refractivity contribution is -0.274. The van der Waals surface area contributed by atoms with E-state index in [1.807, 2.05) is 0 Å². The van der Waals surface area contributed by atoms with Gasteiger partial charge in [-0.05, 0) is 43.3 Å². The molecule has 2 aromatic rings. The number of carbonyl (C=O) groups excluding carboxylic acids is 1. The van der Waals surface area contributed by atoms with Crippen molar-refractivity contribution in [2.75, 3.05) is 0 Å². The third kappa shape index (κ3) is 3.57. The van der Waals surface area contributed by atoms with Gasteiger partial charge in [-0.2, -0.15) is 0 Å². The molecule has 1 heterocycles. The van der Waals surface area contributed by atoms with Crippen LogP contribution in [0.25, 0.3) is 11.3 Å². The largest absolute Gasteiger partial charge is 0.573 e. The molecule has 3 nitrogen and oxygen atoms in total. The smallest absolute Gasteiger partial charge is 0.406 e. The summed E-state index contributed by atoms with van der Waals surface area (Å²) < 4.78 is 39.9. The van der Waals surface area contributed by atoms with E-state index in [-0.39, 0.29) is 5.75 Å². The first kappa shape index (κ1) is 14.0. The molecule has 0 saturated carbocycles. The molecule has 0 N–H and O–H groups in total. The molecule has 0 saturated heterocycles. The van der Waals surface area contributed by atoms with Crippen molar-refractivity contribution in [3.8, 4) is 17.0 Å². The highest BCUT2D eigenvalue weighted by Gasteiger charge is 2.30. The number of alkyl halides is 3. The number of halogens is 3. The third-order valence-corrected chi connectivity index (χ3v) is 2.50. The summed E-state index contributed by atoms with van der Waals surface area (Å²) in [5.74, 6) is -0.301. The fraction of sp³-hybridized carbons (Fsp3) is 0.143. The molecule has 0 amide bonds. The summed E-state index contributed by atoms with van der Waals surface area (Å²) in [6.45, 7) is 1.73. The highest BCUT2D eigenvalue weighted by molar-refractivity contribution is 5.78. The van der Waals surface area contributed by atoms with Crippen LogP contribution in [0.3, 0.4) is 0 Å². The van der Waals surface area contributed by atoms with Crippen molar-refractivity contribution < 1.29 is 22.7 Å². The van der Waals surface area contributed by atoms with Crippen LogP contribution in [-0.2, 0) is 0 Å². The van der Waals surface area contributed by atoms with E-state index in [1.54, 1.807) is 19.1 Å². The van der Waals surface area contributed by atoms with Crippen molar-refractivity contribution in [2.45, 2.75) is 13.3 Å². The highest BCUT2D eigenvalue weighted by Crippen LogP contribution is 2.26. The predicted molar refractivity (Wildman–Crippen MR) is 66.5 cm³/mol. The van der Waals surface area contributed by atoms with Crippen LogP contribution in [0.5, 0.6) is 5.75 Å². The zero-order valence-electron chi connectivity index (χ0n) is 10.4. The molecule has 0 aliphatic heterocycles. The number of ether oxygens (including phenoxy) is 1. The third-order valence-electron chi connectivity index (χ3n) is 2.50. The lowest BCUT2D eigenvalue weighted by Crippen LogP contribution is -2.16. The maximum atomic E-state index is 12.0. The number of aryl methyl sites for hydroxylation is 1. The number of nitrogens with zero attached hydrogens (tertiary/aromatic N) is 1. The lowest BCUT2D eigenvalue weighted by Gasteiger charge is -2.09. The first-order valence-corrected chi connectivity index (χ1v) is 5.67. The van der Waals surface area contributed by atoms with Gasteiger partial charge in [-0.15, -0.1) is 13.2 Å². The Morgan fingerprint density at radius 2 is 1.80 bits per heavy atom. The van der Waals surface area contributed by atoms with Gasteiger partial charge < -0.3 is 4.74 Å². The van der Waals surface area contributed by atoms with Crippen LogP contribution >= 0.6 is 0 Å². The van der Waals surface area contributed by atoms with E-state index in [0.29, 0.717) is 28.8 Å². The monoisotopic (exact) mass is 281 g/mol. The quantitative estimate of drug-likeness (QED) is 0.804. The Bertz CT molecular complexity index is 621. The number of hydrogen-bond donors (Lipinski definition) is 0. The summed E-state index contributed by atoms with van der Waals surface area (Å²) in [5, 5.41) is 0. The zero-order chi connectivity index (χ0) is 14.8. The summed E-state index contributed by atoms with van der Waals surface area (Å²) in [5.41, 5.74) is 2.24. The molecular weight excluding hydrogens is 271 g/mol. The van der Waals surface area contributed by atoms with Gasteiger partial charge in [0.15, 0.2) is 0 Å². The highest BCUT2D eigenvalue weighted by atomic mass is 19.4. The molecule has 1 aromatic heterocycles. The minimum absolute atomic E-state index is 0.301. The Morgan fingerprint density at radius 1 is 1.15 bits per heavy atom. The van der Waals surface area contributed by atoms with E-state index < -0.39 is 6.36 Å². The Morgan fingerprint density at radius 3 is 2.35 bits per heavy atom. The second kappa shape index (κ2) is 5.32. The fourth-order valence-corrected chi connectivity index (χ4v) is 1.74. The fourth-order valence-electron chi connectivity index (χ4n) is 1.74. The molecule has 0 aliphatic rings. The molecule has 0 unspecified atom stereocenters. The van der Waals surface area contributed by atoms with Gasteiger partial charge in [0, 0.05) is 16.8 Å². The lowest BCUT2D eigenvalue weighted by atomic mass is 10.1. The van der Waals surface area contributed by atoms with Gasteiger partial charge in [0.1, 0.15) is 12.0 Å². The van der Waals surface area contributed by atoms with Crippen LogP contribution in [0.1, 0.15) is 16.1 Å². The van der Waals surface area contributed by atoms with Gasteiger partial charge in [-0.1, -0.05) is 0 Å². The summed E-state index contributed by atoms with van der Waals surface area (Å²) in [4.78, 5) is 15.0. The number of benzene rings is 1. The van der Waals surface area contributed by atoms with E-state index in [2.05, 4.69) is 9.72 Å². The van der Waals surface area contributed by atoms with Crippen LogP contribution < -0.4 is 4.74 Å². The molecule has 0 bridgehead atoms. The average Bonchev–Trinajstić information content (AvgIpc) is 2.37. The first-order chi connectivity index (χ1) is 9.37. The van der Waals surface area contributed by atoms with Crippen LogP contribution in [0.15, 0.2) is 36.4 Å². The summed E-state index contributed by atoms with van der Waals surface area (Å²) >= 11 is 0. The van der Waals surface area contributed by atoms with Crippen LogP contribution in [0.4, 0.5) is 13.2 Å². The number of carbonyl (C=O) groups is 1. The number of aldehydes is 1. The van der Waals surface area contributed by atoms with E-state index in [9.17, 15) is 18.0 Å². The molecule has 104 valence electrons. The van der Waals surface area contributed by atoms with Crippen molar-refractivity contribution in [2.24, 2.45) is 0 Å². The second-order valence-corrected chi connectivity index (χ2v) is 4.12. The Labute approximate surface area is 113 Å². The van der Waals surface area contributed by atoms with Gasteiger partial charge in [0.05, 0.1) is 5.69 Å². The molecule has 0 atom stereocenters. The Hall–Kier alpha value is -2.37. The molecule has 2 rings (SSSR count). The maximum absolute atomic E-state index is 12.0. The molecule has 0 fully saturated rings. The predicted octanol–water partition coefficient (Wildman–Crippen LogP) is 3.77. The van der Waals surface area contributed by atoms with E-state index in [4.69, 9.17) is 0 Å². The molecule has 1 aromatic carbocycles. The van der Waals surface area contributed by atoms with Crippen molar-refractivity contribution >= 4 is 6.29 Å². The molecule has 6 heteroatoms. The van der Waals surface area contributed by atoms with Crippen molar-refractivity contribution in [3.63, 3.8) is 0 Å². The summed E-state index contributed by atoms with van der Waals surface area (Å²) in [6.07, 6.45) is -4.02. The topological polar surface area (TPSA) is 39.2 Å². The van der Waals surface area contributed by atoms with Crippen LogP contribution in [0.2, 0.25) is 0 Å². The molecular formula is C14H10F3NO2. The molecule has 0 spiro atoms. The molecule has 0 aliphatic carbocycles. The average molecular weight is 281 g/mol. The normalized spacial score (nSPS) is 11.2. The number of rotatable bonds is 3. The van der Waals surface area contributed by atoms with Crippen LogP contribution in [0, 0.1) is 6.92 Å².